The number of likely N-dealkylation sites (N-methyl/N-ethyl adjacent to an activating group) is 1. The summed E-state index contributed by atoms with van der Waals surface area (Å²) in [6.45, 7) is 2.99. The van der Waals surface area contributed by atoms with Crippen LogP contribution in [0.4, 0.5) is 0 Å². The van der Waals surface area contributed by atoms with E-state index in [2.05, 4.69) is 11.9 Å². The molecule has 1 heterocycles. The number of rotatable bonds is 1. The van der Waals surface area contributed by atoms with Gasteiger partial charge in [-0.2, -0.15) is 0 Å². The molecule has 0 spiro atoms. The number of amidine groups is 1. The predicted octanol–water partition coefficient (Wildman–Crippen LogP) is -0.289. The molecule has 9 heavy (non-hydrogen) atoms. The molecule has 0 aromatic carbocycles. The zero-order valence-electron chi connectivity index (χ0n) is 5.83. The maximum Gasteiger partial charge on any atom is 0.125 e. The standard InChI is InChI=1S/C6H12N2O/c1-5-3-7-6(4-9)8(5)2/h5,9H,3-4H2,1-2H3. The first-order valence-corrected chi connectivity index (χ1v) is 3.12. The smallest absolute Gasteiger partial charge is 0.125 e. The van der Waals surface area contributed by atoms with Gasteiger partial charge in [0.2, 0.25) is 0 Å². The van der Waals surface area contributed by atoms with Crippen LogP contribution in [0.1, 0.15) is 6.92 Å². The highest BCUT2D eigenvalue weighted by atomic mass is 16.3. The van der Waals surface area contributed by atoms with Gasteiger partial charge in [0, 0.05) is 13.1 Å². The summed E-state index contributed by atoms with van der Waals surface area (Å²) in [5.74, 6) is 0.808. The van der Waals surface area contributed by atoms with Crippen molar-refractivity contribution in [1.82, 2.24) is 4.90 Å². The molecule has 1 atom stereocenters. The molecular weight excluding hydrogens is 116 g/mol. The fraction of sp³-hybridized carbons (Fsp3) is 0.833. The van der Waals surface area contributed by atoms with Crippen LogP contribution in [0.25, 0.3) is 0 Å². The summed E-state index contributed by atoms with van der Waals surface area (Å²) in [7, 11) is 1.95. The van der Waals surface area contributed by atoms with Gasteiger partial charge in [0.15, 0.2) is 0 Å². The van der Waals surface area contributed by atoms with E-state index in [1.807, 2.05) is 11.9 Å². The van der Waals surface area contributed by atoms with Crippen LogP contribution in [0, 0.1) is 0 Å². The van der Waals surface area contributed by atoms with Crippen molar-refractivity contribution < 1.29 is 5.11 Å². The van der Waals surface area contributed by atoms with E-state index in [1.54, 1.807) is 0 Å². The van der Waals surface area contributed by atoms with Crippen LogP contribution in [0.15, 0.2) is 4.99 Å². The van der Waals surface area contributed by atoms with Gasteiger partial charge < -0.3 is 10.0 Å². The maximum absolute atomic E-state index is 8.68. The highest BCUT2D eigenvalue weighted by molar-refractivity contribution is 5.84. The van der Waals surface area contributed by atoms with E-state index in [4.69, 9.17) is 5.11 Å². The van der Waals surface area contributed by atoms with Crippen LogP contribution in [-0.4, -0.2) is 42.1 Å². The summed E-state index contributed by atoms with van der Waals surface area (Å²) >= 11 is 0. The molecule has 3 nitrogen and oxygen atoms in total. The average molecular weight is 128 g/mol. The molecule has 0 radical (unpaired) electrons. The van der Waals surface area contributed by atoms with Crippen molar-refractivity contribution in [2.45, 2.75) is 13.0 Å². The van der Waals surface area contributed by atoms with Crippen LogP contribution >= 0.6 is 0 Å². The molecule has 1 aliphatic heterocycles. The molecule has 0 saturated carbocycles. The van der Waals surface area contributed by atoms with Gasteiger partial charge in [-0.15, -0.1) is 0 Å². The zero-order chi connectivity index (χ0) is 6.85. The Bertz CT molecular complexity index is 133. The Morgan fingerprint density at radius 2 is 2.56 bits per heavy atom. The lowest BCUT2D eigenvalue weighted by atomic mass is 10.3. The van der Waals surface area contributed by atoms with E-state index in [-0.39, 0.29) is 6.61 Å². The average Bonchev–Trinajstić information content (AvgIpc) is 2.15. The Hall–Kier alpha value is -0.570. The fourth-order valence-electron chi connectivity index (χ4n) is 0.887. The van der Waals surface area contributed by atoms with E-state index >= 15 is 0 Å². The van der Waals surface area contributed by atoms with Crippen LogP contribution < -0.4 is 0 Å². The van der Waals surface area contributed by atoms with Crippen molar-refractivity contribution in [2.75, 3.05) is 20.2 Å². The van der Waals surface area contributed by atoms with Crippen LogP contribution in [0.3, 0.4) is 0 Å². The molecule has 3 heteroatoms. The van der Waals surface area contributed by atoms with Crippen LogP contribution in [-0.2, 0) is 0 Å². The van der Waals surface area contributed by atoms with Gasteiger partial charge in [-0.25, -0.2) is 0 Å². The number of nitrogens with zero attached hydrogens (tertiary/aromatic N) is 2. The van der Waals surface area contributed by atoms with E-state index in [0.29, 0.717) is 6.04 Å². The lowest BCUT2D eigenvalue weighted by molar-refractivity contribution is 0.328. The molecular formula is C6H12N2O. The minimum Gasteiger partial charge on any atom is -0.388 e. The van der Waals surface area contributed by atoms with Crippen molar-refractivity contribution in [1.29, 1.82) is 0 Å². The highest BCUT2D eigenvalue weighted by Crippen LogP contribution is 2.05. The number of aliphatic hydroxyl groups excluding tert-OH is 1. The summed E-state index contributed by atoms with van der Waals surface area (Å²) < 4.78 is 0. The van der Waals surface area contributed by atoms with Crippen molar-refractivity contribution in [3.05, 3.63) is 0 Å². The molecule has 0 bridgehead atoms. The monoisotopic (exact) mass is 128 g/mol. The minimum atomic E-state index is 0.0703. The third-order valence-corrected chi connectivity index (χ3v) is 1.75. The predicted molar refractivity (Wildman–Crippen MR) is 36.6 cm³/mol. The van der Waals surface area contributed by atoms with Gasteiger partial charge in [-0.1, -0.05) is 0 Å². The first kappa shape index (κ1) is 6.55. The summed E-state index contributed by atoms with van der Waals surface area (Å²) in [4.78, 5) is 6.11. The Morgan fingerprint density at radius 1 is 1.89 bits per heavy atom. The molecule has 0 fully saturated rings. The fourth-order valence-corrected chi connectivity index (χ4v) is 0.887. The van der Waals surface area contributed by atoms with E-state index in [0.717, 1.165) is 12.4 Å². The minimum absolute atomic E-state index is 0.0703. The SMILES string of the molecule is CC1CN=C(CO)N1C. The van der Waals surface area contributed by atoms with E-state index in [1.165, 1.54) is 0 Å². The summed E-state index contributed by atoms with van der Waals surface area (Å²) in [5, 5.41) is 8.68. The molecule has 0 aliphatic carbocycles. The first-order chi connectivity index (χ1) is 4.25. The second-order valence-corrected chi connectivity index (χ2v) is 2.37. The maximum atomic E-state index is 8.68. The molecule has 0 amide bonds. The Morgan fingerprint density at radius 3 is 2.78 bits per heavy atom. The second-order valence-electron chi connectivity index (χ2n) is 2.37. The lowest BCUT2D eigenvalue weighted by Crippen LogP contribution is -2.32. The molecule has 0 saturated heterocycles. The van der Waals surface area contributed by atoms with Gasteiger partial charge in [0.1, 0.15) is 12.4 Å². The van der Waals surface area contributed by atoms with E-state index in [9.17, 15) is 0 Å². The van der Waals surface area contributed by atoms with Crippen molar-refractivity contribution in [3.8, 4) is 0 Å². The molecule has 52 valence electrons. The number of hydrogen-bond acceptors (Lipinski definition) is 3. The van der Waals surface area contributed by atoms with Gasteiger partial charge >= 0.3 is 0 Å². The van der Waals surface area contributed by atoms with E-state index < -0.39 is 0 Å². The largest absolute Gasteiger partial charge is 0.388 e. The van der Waals surface area contributed by atoms with Crippen LogP contribution in [0.2, 0.25) is 0 Å². The summed E-state index contributed by atoms with van der Waals surface area (Å²) in [6, 6.07) is 0.465. The topological polar surface area (TPSA) is 35.8 Å². The number of hydrogen-bond donors (Lipinski definition) is 1. The quantitative estimate of drug-likeness (QED) is 0.527. The molecule has 1 aliphatic rings. The molecule has 1 unspecified atom stereocenters. The lowest BCUT2D eigenvalue weighted by Gasteiger charge is -2.17. The Balaban J connectivity index is 2.55. The summed E-state index contributed by atoms with van der Waals surface area (Å²) in [6.07, 6.45) is 0. The second kappa shape index (κ2) is 2.35. The number of aliphatic hydroxyl groups is 1. The summed E-state index contributed by atoms with van der Waals surface area (Å²) in [5.41, 5.74) is 0. The van der Waals surface area contributed by atoms with Gasteiger partial charge in [0.05, 0.1) is 6.54 Å². The van der Waals surface area contributed by atoms with Crippen molar-refractivity contribution >= 4 is 5.84 Å². The van der Waals surface area contributed by atoms with Crippen LogP contribution in [0.5, 0.6) is 0 Å². The van der Waals surface area contributed by atoms with Crippen molar-refractivity contribution in [3.63, 3.8) is 0 Å². The molecule has 0 aromatic rings. The van der Waals surface area contributed by atoms with Gasteiger partial charge in [-0.05, 0) is 6.92 Å². The van der Waals surface area contributed by atoms with Gasteiger partial charge in [0.25, 0.3) is 0 Å². The first-order valence-electron chi connectivity index (χ1n) is 3.12. The van der Waals surface area contributed by atoms with Crippen molar-refractivity contribution in [2.24, 2.45) is 4.99 Å². The third kappa shape index (κ3) is 1.05. The zero-order valence-corrected chi connectivity index (χ0v) is 5.83. The number of aliphatic imine (C=N–C) groups is 1. The van der Waals surface area contributed by atoms with Gasteiger partial charge in [-0.3, -0.25) is 4.99 Å². The molecule has 0 aromatic heterocycles. The third-order valence-electron chi connectivity index (χ3n) is 1.75. The highest BCUT2D eigenvalue weighted by Gasteiger charge is 2.18. The normalized spacial score (nSPS) is 26.8. The molecule has 1 rings (SSSR count). The Labute approximate surface area is 55.0 Å². The molecule has 1 N–H and O–H groups in total. The Kier molecular flexibility index (Phi) is 1.71.